The molecule has 0 bridgehead atoms. The van der Waals surface area contributed by atoms with Gasteiger partial charge in [-0.2, -0.15) is 0 Å². The van der Waals surface area contributed by atoms with Crippen LogP contribution in [0.25, 0.3) is 0 Å². The van der Waals surface area contributed by atoms with E-state index in [9.17, 15) is 9.59 Å². The molecular formula is C24H22N4O3S. The number of carbonyl (C=O) groups excluding carboxylic acids is 2. The first-order valence-electron chi connectivity index (χ1n) is 10.1. The Morgan fingerprint density at radius 3 is 2.59 bits per heavy atom. The highest BCUT2D eigenvalue weighted by Gasteiger charge is 2.44. The summed E-state index contributed by atoms with van der Waals surface area (Å²) in [5.41, 5.74) is 2.02. The second-order valence-electron chi connectivity index (χ2n) is 7.24. The summed E-state index contributed by atoms with van der Waals surface area (Å²) in [6.45, 7) is 0.315. The van der Waals surface area contributed by atoms with Crippen LogP contribution in [0.4, 0.5) is 11.4 Å². The number of rotatable bonds is 7. The minimum Gasteiger partial charge on any atom is -0.497 e. The Morgan fingerprint density at radius 2 is 1.88 bits per heavy atom. The van der Waals surface area contributed by atoms with E-state index in [1.165, 1.54) is 4.90 Å². The zero-order chi connectivity index (χ0) is 22.5. The van der Waals surface area contributed by atoms with Crippen molar-refractivity contribution in [3.8, 4) is 5.75 Å². The van der Waals surface area contributed by atoms with Crippen molar-refractivity contribution >= 4 is 40.5 Å². The summed E-state index contributed by atoms with van der Waals surface area (Å²) in [5.74, 6) is 0.0814. The molecule has 1 aliphatic rings. The van der Waals surface area contributed by atoms with Gasteiger partial charge >= 0.3 is 0 Å². The van der Waals surface area contributed by atoms with E-state index in [2.05, 4.69) is 10.3 Å². The van der Waals surface area contributed by atoms with Crippen LogP contribution in [0.15, 0.2) is 79.0 Å². The van der Waals surface area contributed by atoms with Crippen LogP contribution in [0, 0.1) is 0 Å². The average molecular weight is 447 g/mol. The first-order valence-corrected chi connectivity index (χ1v) is 10.5. The highest BCUT2D eigenvalue weighted by molar-refractivity contribution is 7.80. The molecule has 8 heteroatoms. The van der Waals surface area contributed by atoms with Gasteiger partial charge in [-0.25, -0.2) is 0 Å². The van der Waals surface area contributed by atoms with Crippen molar-refractivity contribution in [1.29, 1.82) is 0 Å². The Balaban J connectivity index is 1.62. The van der Waals surface area contributed by atoms with Crippen LogP contribution in [0.3, 0.4) is 0 Å². The lowest BCUT2D eigenvalue weighted by Gasteiger charge is -2.23. The number of anilines is 2. The standard InChI is InChI=1S/C24H22N4O3S/c1-31-20-12-7-11-19(14-20)28-23(30)21(15-22(29)26-17-8-3-2-4-9-17)27(24(28)32)16-18-10-5-6-13-25-18/h2-14,21H,15-16H2,1H3,(H,26,29). The minimum absolute atomic E-state index is 0.0405. The zero-order valence-corrected chi connectivity index (χ0v) is 18.3. The molecule has 0 saturated carbocycles. The molecule has 2 heterocycles. The third kappa shape index (κ3) is 4.60. The first-order chi connectivity index (χ1) is 15.6. The SMILES string of the molecule is COc1cccc(N2C(=O)C(CC(=O)Nc3ccccc3)N(Cc3ccccn3)C2=S)c1. The Kier molecular flexibility index (Phi) is 6.42. The molecule has 4 rings (SSSR count). The topological polar surface area (TPSA) is 74.8 Å². The molecule has 3 aromatic rings. The molecule has 0 radical (unpaired) electrons. The van der Waals surface area contributed by atoms with E-state index in [-0.39, 0.29) is 18.2 Å². The molecule has 1 aromatic heterocycles. The molecular weight excluding hydrogens is 424 g/mol. The van der Waals surface area contributed by atoms with Gasteiger partial charge in [-0.05, 0) is 48.6 Å². The zero-order valence-electron chi connectivity index (χ0n) is 17.5. The van der Waals surface area contributed by atoms with E-state index < -0.39 is 6.04 Å². The van der Waals surface area contributed by atoms with Gasteiger partial charge in [-0.1, -0.05) is 30.3 Å². The molecule has 1 saturated heterocycles. The Bertz CT molecular complexity index is 1120. The maximum atomic E-state index is 13.5. The van der Waals surface area contributed by atoms with E-state index in [1.54, 1.807) is 54.6 Å². The lowest BCUT2D eigenvalue weighted by atomic mass is 10.1. The summed E-state index contributed by atoms with van der Waals surface area (Å²) in [5, 5.41) is 3.17. The molecule has 1 unspecified atom stereocenters. The van der Waals surface area contributed by atoms with E-state index in [0.29, 0.717) is 28.8 Å². The second-order valence-corrected chi connectivity index (χ2v) is 7.61. The van der Waals surface area contributed by atoms with Crippen molar-refractivity contribution in [2.75, 3.05) is 17.3 Å². The number of pyridine rings is 1. The molecule has 1 aliphatic heterocycles. The van der Waals surface area contributed by atoms with E-state index in [1.807, 2.05) is 36.4 Å². The fourth-order valence-electron chi connectivity index (χ4n) is 3.58. The summed E-state index contributed by atoms with van der Waals surface area (Å²) in [6.07, 6.45) is 1.65. The van der Waals surface area contributed by atoms with E-state index in [4.69, 9.17) is 17.0 Å². The van der Waals surface area contributed by atoms with Crippen molar-refractivity contribution < 1.29 is 14.3 Å². The fraction of sp³-hybridized carbons (Fsp3) is 0.167. The molecule has 1 atom stereocenters. The molecule has 2 aromatic carbocycles. The summed E-state index contributed by atoms with van der Waals surface area (Å²) >= 11 is 5.69. The smallest absolute Gasteiger partial charge is 0.256 e. The third-order valence-corrected chi connectivity index (χ3v) is 5.54. The van der Waals surface area contributed by atoms with Gasteiger partial charge in [0.15, 0.2) is 5.11 Å². The van der Waals surface area contributed by atoms with E-state index in [0.717, 1.165) is 5.69 Å². The molecule has 162 valence electrons. The largest absolute Gasteiger partial charge is 0.497 e. The van der Waals surface area contributed by atoms with Gasteiger partial charge in [0.05, 0.1) is 31.5 Å². The van der Waals surface area contributed by atoms with Crippen LogP contribution in [-0.4, -0.2) is 40.0 Å². The van der Waals surface area contributed by atoms with Gasteiger partial charge in [0.1, 0.15) is 11.8 Å². The molecule has 2 amide bonds. The average Bonchev–Trinajstić information content (AvgIpc) is 3.04. The summed E-state index contributed by atoms with van der Waals surface area (Å²) in [6, 6.07) is 21.1. The first kappa shape index (κ1) is 21.5. The second kappa shape index (κ2) is 9.57. The number of nitrogens with one attached hydrogen (secondary N) is 1. The quantitative estimate of drug-likeness (QED) is 0.559. The fourth-order valence-corrected chi connectivity index (χ4v) is 3.96. The third-order valence-electron chi connectivity index (χ3n) is 5.12. The van der Waals surface area contributed by atoms with Crippen LogP contribution < -0.4 is 15.0 Å². The van der Waals surface area contributed by atoms with Gasteiger partial charge in [-0.3, -0.25) is 19.5 Å². The Morgan fingerprint density at radius 1 is 1.09 bits per heavy atom. The lowest BCUT2D eigenvalue weighted by molar-refractivity contribution is -0.124. The molecule has 1 fully saturated rings. The van der Waals surface area contributed by atoms with E-state index >= 15 is 0 Å². The highest BCUT2D eigenvalue weighted by atomic mass is 32.1. The number of nitrogens with zero attached hydrogens (tertiary/aromatic N) is 3. The van der Waals surface area contributed by atoms with Crippen molar-refractivity contribution in [2.45, 2.75) is 19.0 Å². The maximum absolute atomic E-state index is 13.5. The number of methoxy groups -OCH3 is 1. The van der Waals surface area contributed by atoms with Gasteiger partial charge in [0.2, 0.25) is 5.91 Å². The summed E-state index contributed by atoms with van der Waals surface area (Å²) in [7, 11) is 1.56. The Hall–Kier alpha value is -3.78. The van der Waals surface area contributed by atoms with Crippen LogP contribution in [0.1, 0.15) is 12.1 Å². The monoisotopic (exact) mass is 446 g/mol. The lowest BCUT2D eigenvalue weighted by Crippen LogP contribution is -2.37. The molecule has 32 heavy (non-hydrogen) atoms. The van der Waals surface area contributed by atoms with Crippen molar-refractivity contribution in [3.63, 3.8) is 0 Å². The van der Waals surface area contributed by atoms with Crippen molar-refractivity contribution in [1.82, 2.24) is 9.88 Å². The molecule has 0 aliphatic carbocycles. The maximum Gasteiger partial charge on any atom is 0.256 e. The number of aromatic nitrogens is 1. The van der Waals surface area contributed by atoms with Crippen LogP contribution in [-0.2, 0) is 16.1 Å². The number of para-hydroxylation sites is 1. The van der Waals surface area contributed by atoms with Gasteiger partial charge in [0.25, 0.3) is 5.91 Å². The van der Waals surface area contributed by atoms with Gasteiger partial charge in [0, 0.05) is 18.0 Å². The molecule has 0 spiro atoms. The van der Waals surface area contributed by atoms with Crippen LogP contribution in [0.2, 0.25) is 0 Å². The minimum atomic E-state index is -0.751. The predicted octanol–water partition coefficient (Wildman–Crippen LogP) is 3.62. The van der Waals surface area contributed by atoms with Crippen molar-refractivity contribution in [2.24, 2.45) is 0 Å². The molecule has 7 nitrogen and oxygen atoms in total. The number of benzene rings is 2. The summed E-state index contributed by atoms with van der Waals surface area (Å²) in [4.78, 5) is 33.8. The highest BCUT2D eigenvalue weighted by Crippen LogP contribution is 2.30. The van der Waals surface area contributed by atoms with Gasteiger partial charge in [-0.15, -0.1) is 0 Å². The van der Waals surface area contributed by atoms with Gasteiger partial charge < -0.3 is 15.0 Å². The number of carbonyl (C=O) groups is 2. The summed E-state index contributed by atoms with van der Waals surface area (Å²) < 4.78 is 5.30. The number of hydrogen-bond donors (Lipinski definition) is 1. The normalized spacial score (nSPS) is 15.7. The van der Waals surface area contributed by atoms with Crippen LogP contribution >= 0.6 is 12.2 Å². The Labute approximate surface area is 191 Å². The number of thiocarbonyl (C=S) groups is 1. The number of amides is 2. The van der Waals surface area contributed by atoms with Crippen molar-refractivity contribution in [3.05, 3.63) is 84.7 Å². The van der Waals surface area contributed by atoms with Crippen LogP contribution in [0.5, 0.6) is 5.75 Å². The predicted molar refractivity (Wildman–Crippen MR) is 126 cm³/mol. The number of hydrogen-bond acceptors (Lipinski definition) is 5. The number of ether oxygens (including phenoxy) is 1. The molecule has 1 N–H and O–H groups in total.